The Morgan fingerprint density at radius 1 is 1.30 bits per heavy atom. The molecule has 3 amide bonds. The summed E-state index contributed by atoms with van der Waals surface area (Å²) in [5, 5.41) is 19.3. The molecule has 2 rings (SSSR count). The smallest absolute Gasteiger partial charge is 0.270 e. The molecule has 9 heteroatoms. The molecule has 1 atom stereocenters. The van der Waals surface area contributed by atoms with Crippen molar-refractivity contribution in [3.63, 3.8) is 0 Å². The zero-order valence-corrected chi connectivity index (χ0v) is 15.3. The van der Waals surface area contributed by atoms with E-state index in [1.165, 1.54) is 0 Å². The van der Waals surface area contributed by atoms with Crippen molar-refractivity contribution >= 4 is 35.8 Å². The van der Waals surface area contributed by atoms with E-state index in [1.54, 1.807) is 7.05 Å². The molecule has 27 heavy (non-hydrogen) atoms. The first-order valence-corrected chi connectivity index (χ1v) is 8.59. The first-order chi connectivity index (χ1) is 12.9. The number of nitrogens with zero attached hydrogens (tertiary/aromatic N) is 1. The molecule has 0 saturated heterocycles. The fraction of sp³-hybridized carbons (Fsp3) is 0.389. The number of hydrazone groups is 1. The fourth-order valence-corrected chi connectivity index (χ4v) is 2.75. The Kier molecular flexibility index (Phi) is 6.78. The van der Waals surface area contributed by atoms with E-state index in [4.69, 9.17) is 5.41 Å². The minimum absolute atomic E-state index is 0.0220. The van der Waals surface area contributed by atoms with E-state index < -0.39 is 17.4 Å². The number of benzene rings is 1. The van der Waals surface area contributed by atoms with Crippen molar-refractivity contribution in [2.75, 3.05) is 19.0 Å². The molecule has 144 valence electrons. The van der Waals surface area contributed by atoms with Gasteiger partial charge in [0.15, 0.2) is 0 Å². The van der Waals surface area contributed by atoms with Gasteiger partial charge in [0.25, 0.3) is 5.91 Å². The van der Waals surface area contributed by atoms with Crippen LogP contribution in [0.1, 0.15) is 18.4 Å². The van der Waals surface area contributed by atoms with E-state index >= 15 is 0 Å². The minimum atomic E-state index is -1.08. The van der Waals surface area contributed by atoms with Crippen molar-refractivity contribution < 1.29 is 14.4 Å². The van der Waals surface area contributed by atoms with Crippen molar-refractivity contribution in [2.45, 2.75) is 25.3 Å². The first-order valence-electron chi connectivity index (χ1n) is 8.59. The standard InChI is InChI=1S/C18H24N6O3/c1-12-3-7-14(8-4-12)24-23-9-15(19)16(26)21-10-18(20-2,13-5-6-13)17(27)22-11-25/h3-4,7-9,11,13,19-20,24H,5-6,10H2,1-2H3,(H,21,26)(H,22,25,27)/b19-15?,23-9-. The molecule has 1 aromatic carbocycles. The summed E-state index contributed by atoms with van der Waals surface area (Å²) in [7, 11) is 1.60. The average molecular weight is 372 g/mol. The molecule has 1 aliphatic rings. The zero-order valence-electron chi connectivity index (χ0n) is 15.3. The van der Waals surface area contributed by atoms with Crippen LogP contribution in [0.2, 0.25) is 0 Å². The zero-order chi connectivity index (χ0) is 19.9. The molecule has 1 aliphatic carbocycles. The Morgan fingerprint density at radius 3 is 2.52 bits per heavy atom. The van der Waals surface area contributed by atoms with Gasteiger partial charge in [0.2, 0.25) is 12.3 Å². The van der Waals surface area contributed by atoms with Crippen molar-refractivity contribution in [3.05, 3.63) is 29.8 Å². The number of imide groups is 1. The molecule has 1 saturated carbocycles. The number of carbonyl (C=O) groups is 3. The molecular formula is C18H24N6O3. The van der Waals surface area contributed by atoms with Gasteiger partial charge >= 0.3 is 0 Å². The van der Waals surface area contributed by atoms with Gasteiger partial charge in [-0.2, -0.15) is 5.10 Å². The quantitative estimate of drug-likeness (QED) is 0.227. The predicted molar refractivity (Wildman–Crippen MR) is 103 cm³/mol. The van der Waals surface area contributed by atoms with Crippen molar-refractivity contribution in [3.8, 4) is 0 Å². The molecule has 9 nitrogen and oxygen atoms in total. The summed E-state index contributed by atoms with van der Waals surface area (Å²) in [6, 6.07) is 7.49. The lowest BCUT2D eigenvalue weighted by Crippen LogP contribution is -2.63. The van der Waals surface area contributed by atoms with Gasteiger partial charge in [0.05, 0.1) is 11.9 Å². The van der Waals surface area contributed by atoms with E-state index in [-0.39, 0.29) is 18.2 Å². The third-order valence-corrected chi connectivity index (χ3v) is 4.53. The van der Waals surface area contributed by atoms with Crippen molar-refractivity contribution in [1.29, 1.82) is 5.41 Å². The molecule has 1 unspecified atom stereocenters. The summed E-state index contributed by atoms with van der Waals surface area (Å²) in [6.07, 6.45) is 3.06. The normalized spacial score (nSPS) is 15.6. The highest BCUT2D eigenvalue weighted by Crippen LogP contribution is 2.39. The molecule has 0 radical (unpaired) electrons. The topological polar surface area (TPSA) is 136 Å². The van der Waals surface area contributed by atoms with Crippen LogP contribution in [0.25, 0.3) is 0 Å². The highest BCUT2D eigenvalue weighted by molar-refractivity contribution is 6.59. The molecule has 0 aliphatic heterocycles. The van der Waals surface area contributed by atoms with E-state index in [2.05, 4.69) is 26.5 Å². The third-order valence-electron chi connectivity index (χ3n) is 4.53. The van der Waals surface area contributed by atoms with Crippen molar-refractivity contribution in [2.24, 2.45) is 11.0 Å². The minimum Gasteiger partial charge on any atom is -0.348 e. The second-order valence-electron chi connectivity index (χ2n) is 6.42. The van der Waals surface area contributed by atoms with Crippen LogP contribution in [0.5, 0.6) is 0 Å². The van der Waals surface area contributed by atoms with Crippen LogP contribution in [0.15, 0.2) is 29.4 Å². The fourth-order valence-electron chi connectivity index (χ4n) is 2.75. The highest BCUT2D eigenvalue weighted by atomic mass is 16.2. The Bertz CT molecular complexity index is 742. The lowest BCUT2D eigenvalue weighted by Gasteiger charge is -2.31. The maximum atomic E-state index is 12.3. The molecule has 0 aromatic heterocycles. The summed E-state index contributed by atoms with van der Waals surface area (Å²) in [5.41, 5.74) is 3.15. The second kappa shape index (κ2) is 9.04. The first kappa shape index (κ1) is 20.2. The molecule has 0 spiro atoms. The summed E-state index contributed by atoms with van der Waals surface area (Å²) < 4.78 is 0. The van der Waals surface area contributed by atoms with Crippen molar-refractivity contribution in [1.82, 2.24) is 16.0 Å². The predicted octanol–water partition coefficient (Wildman–Crippen LogP) is 0.169. The SMILES string of the molecule is CNC(CNC(=O)C(=N)/C=N\Nc1ccc(C)cc1)(C(=O)NC=O)C1CC1. The third kappa shape index (κ3) is 5.20. The molecule has 0 bridgehead atoms. The molecule has 1 fully saturated rings. The van der Waals surface area contributed by atoms with Gasteiger partial charge in [-0.25, -0.2) is 0 Å². The Balaban J connectivity index is 1.91. The number of likely N-dealkylation sites (N-methyl/N-ethyl adjacent to an activating group) is 1. The van der Waals surface area contributed by atoms with E-state index in [0.717, 1.165) is 30.3 Å². The number of anilines is 1. The lowest BCUT2D eigenvalue weighted by molar-refractivity contribution is -0.131. The number of rotatable bonds is 10. The second-order valence-corrected chi connectivity index (χ2v) is 6.42. The number of nitrogens with one attached hydrogen (secondary N) is 5. The number of hydrogen-bond acceptors (Lipinski definition) is 7. The van der Waals surface area contributed by atoms with Crippen LogP contribution < -0.4 is 21.4 Å². The molecular weight excluding hydrogens is 348 g/mol. The highest BCUT2D eigenvalue weighted by Gasteiger charge is 2.50. The largest absolute Gasteiger partial charge is 0.348 e. The van der Waals surface area contributed by atoms with Crippen LogP contribution >= 0.6 is 0 Å². The number of aryl methyl sites for hydroxylation is 1. The van der Waals surface area contributed by atoms with Gasteiger partial charge in [0, 0.05) is 6.54 Å². The molecule has 0 heterocycles. The maximum absolute atomic E-state index is 12.3. The number of hydrogen-bond donors (Lipinski definition) is 5. The average Bonchev–Trinajstić information content (AvgIpc) is 3.50. The summed E-state index contributed by atoms with van der Waals surface area (Å²) in [4.78, 5) is 35.0. The maximum Gasteiger partial charge on any atom is 0.270 e. The van der Waals surface area contributed by atoms with E-state index in [1.807, 2.05) is 31.2 Å². The van der Waals surface area contributed by atoms with Gasteiger partial charge in [0.1, 0.15) is 11.3 Å². The van der Waals surface area contributed by atoms with E-state index in [0.29, 0.717) is 6.41 Å². The van der Waals surface area contributed by atoms with Crippen LogP contribution in [-0.2, 0) is 14.4 Å². The van der Waals surface area contributed by atoms with Gasteiger partial charge in [-0.15, -0.1) is 0 Å². The monoisotopic (exact) mass is 372 g/mol. The molecule has 5 N–H and O–H groups in total. The van der Waals surface area contributed by atoms with Gasteiger partial charge in [-0.1, -0.05) is 17.7 Å². The van der Waals surface area contributed by atoms with E-state index in [9.17, 15) is 14.4 Å². The van der Waals surface area contributed by atoms with Crippen LogP contribution in [0.3, 0.4) is 0 Å². The Hall–Kier alpha value is -3.07. The van der Waals surface area contributed by atoms with Gasteiger partial charge < -0.3 is 10.6 Å². The van der Waals surface area contributed by atoms with Gasteiger partial charge in [-0.05, 0) is 44.9 Å². The number of amides is 3. The van der Waals surface area contributed by atoms with Crippen LogP contribution in [0, 0.1) is 18.3 Å². The summed E-state index contributed by atoms with van der Waals surface area (Å²) in [5.74, 6) is -1.14. The lowest BCUT2D eigenvalue weighted by atomic mass is 9.91. The summed E-state index contributed by atoms with van der Waals surface area (Å²) >= 11 is 0. The van der Waals surface area contributed by atoms with Crippen LogP contribution in [-0.4, -0.2) is 49.3 Å². The summed E-state index contributed by atoms with van der Waals surface area (Å²) in [6.45, 7) is 1.93. The molecule has 1 aromatic rings. The van der Waals surface area contributed by atoms with Gasteiger partial charge in [-0.3, -0.25) is 30.5 Å². The Morgan fingerprint density at radius 2 is 1.96 bits per heavy atom. The van der Waals surface area contributed by atoms with Crippen LogP contribution in [0.4, 0.5) is 5.69 Å². The number of carbonyl (C=O) groups excluding carboxylic acids is 3. The Labute approximate surface area is 157 Å².